The summed E-state index contributed by atoms with van der Waals surface area (Å²) in [5.74, 6) is 3.44. The van der Waals surface area contributed by atoms with Crippen molar-refractivity contribution in [3.63, 3.8) is 0 Å². The Hall–Kier alpha value is -1.18. The molecule has 0 aromatic heterocycles. The predicted octanol–water partition coefficient (Wildman–Crippen LogP) is 3.66. The molecule has 26 heavy (non-hydrogen) atoms. The molecule has 0 amide bonds. The first-order chi connectivity index (χ1) is 12.0. The summed E-state index contributed by atoms with van der Waals surface area (Å²) in [6, 6.07) is 6.27. The molecule has 1 saturated heterocycles. The number of guanidine groups is 1. The van der Waals surface area contributed by atoms with Crippen molar-refractivity contribution in [2.75, 3.05) is 39.9 Å². The maximum Gasteiger partial charge on any atom is 0.193 e. The van der Waals surface area contributed by atoms with E-state index in [1.807, 2.05) is 13.1 Å². The monoisotopic (exact) mass is 473 g/mol. The van der Waals surface area contributed by atoms with Crippen LogP contribution < -0.4 is 14.8 Å². The van der Waals surface area contributed by atoms with E-state index in [2.05, 4.69) is 48.1 Å². The zero-order valence-corrected chi connectivity index (χ0v) is 18.7. The van der Waals surface area contributed by atoms with Crippen molar-refractivity contribution in [3.05, 3.63) is 23.8 Å². The fraction of sp³-hybridized carbons (Fsp3) is 0.650. The smallest absolute Gasteiger partial charge is 0.193 e. The first-order valence-corrected chi connectivity index (χ1v) is 9.35. The number of aliphatic imine (C=N–C) groups is 1. The van der Waals surface area contributed by atoms with Gasteiger partial charge in [-0.15, -0.1) is 24.0 Å². The average molecular weight is 473 g/mol. The van der Waals surface area contributed by atoms with Crippen LogP contribution in [0.15, 0.2) is 23.2 Å². The van der Waals surface area contributed by atoms with Crippen LogP contribution in [0.2, 0.25) is 0 Å². The predicted molar refractivity (Wildman–Crippen MR) is 117 cm³/mol. The summed E-state index contributed by atoms with van der Waals surface area (Å²) < 4.78 is 11.4. The van der Waals surface area contributed by atoms with Crippen LogP contribution in [0.5, 0.6) is 11.5 Å². The molecule has 2 heterocycles. The third kappa shape index (κ3) is 4.96. The summed E-state index contributed by atoms with van der Waals surface area (Å²) in [7, 11) is 1.87. The highest BCUT2D eigenvalue weighted by Gasteiger charge is 2.25. The van der Waals surface area contributed by atoms with Gasteiger partial charge in [-0.25, -0.2) is 0 Å². The summed E-state index contributed by atoms with van der Waals surface area (Å²) >= 11 is 0. The second kappa shape index (κ2) is 9.15. The standard InChI is InChI=1S/C20H31N3O2.HI/c1-15-6-5-9-23(13-15)19(21-4)22-14-20(2,3)16-7-8-17-18(12-16)25-11-10-24-17;/h7-8,12,15H,5-6,9-11,13-14H2,1-4H3,(H,21,22);1H. The van der Waals surface area contributed by atoms with Gasteiger partial charge in [0.05, 0.1) is 0 Å². The van der Waals surface area contributed by atoms with E-state index in [0.29, 0.717) is 13.2 Å². The third-order valence-corrected chi connectivity index (χ3v) is 5.18. The van der Waals surface area contributed by atoms with Crippen molar-refractivity contribution >= 4 is 29.9 Å². The number of piperidine rings is 1. The fourth-order valence-electron chi connectivity index (χ4n) is 3.58. The molecule has 5 nitrogen and oxygen atoms in total. The molecular weight excluding hydrogens is 441 g/mol. The highest BCUT2D eigenvalue weighted by molar-refractivity contribution is 14.0. The zero-order chi connectivity index (χ0) is 17.9. The minimum atomic E-state index is -0.0345. The molecular formula is C20H32IN3O2. The van der Waals surface area contributed by atoms with E-state index in [1.54, 1.807) is 0 Å². The number of nitrogens with zero attached hydrogens (tertiary/aromatic N) is 2. The van der Waals surface area contributed by atoms with Crippen LogP contribution in [0, 0.1) is 5.92 Å². The Morgan fingerprint density at radius 3 is 2.69 bits per heavy atom. The Balaban J connectivity index is 0.00000243. The lowest BCUT2D eigenvalue weighted by Crippen LogP contribution is -2.49. The SMILES string of the molecule is CN=C(NCC(C)(C)c1ccc2c(c1)OCCO2)N1CCCC(C)C1.I. The van der Waals surface area contributed by atoms with Gasteiger partial charge in [0, 0.05) is 32.1 Å². The summed E-state index contributed by atoms with van der Waals surface area (Å²) in [5.41, 5.74) is 1.21. The van der Waals surface area contributed by atoms with Crippen LogP contribution in [-0.2, 0) is 5.41 Å². The lowest BCUT2D eigenvalue weighted by molar-refractivity contribution is 0.171. The van der Waals surface area contributed by atoms with Gasteiger partial charge in [-0.05, 0) is 36.5 Å². The average Bonchev–Trinajstić information content (AvgIpc) is 2.62. The van der Waals surface area contributed by atoms with E-state index in [9.17, 15) is 0 Å². The summed E-state index contributed by atoms with van der Waals surface area (Å²) in [5, 5.41) is 3.58. The van der Waals surface area contributed by atoms with Crippen molar-refractivity contribution in [1.29, 1.82) is 0 Å². The molecule has 0 radical (unpaired) electrons. The second-order valence-electron chi connectivity index (χ2n) is 7.84. The number of halogens is 1. The molecule has 1 unspecified atom stereocenters. The van der Waals surface area contributed by atoms with Gasteiger partial charge in [0.2, 0.25) is 0 Å². The largest absolute Gasteiger partial charge is 0.486 e. The van der Waals surface area contributed by atoms with E-state index >= 15 is 0 Å². The fourth-order valence-corrected chi connectivity index (χ4v) is 3.58. The van der Waals surface area contributed by atoms with Crippen molar-refractivity contribution in [3.8, 4) is 11.5 Å². The Bertz CT molecular complexity index is 633. The molecule has 1 atom stereocenters. The molecule has 3 rings (SSSR count). The minimum absolute atomic E-state index is 0. The molecule has 1 aromatic rings. The third-order valence-electron chi connectivity index (χ3n) is 5.18. The van der Waals surface area contributed by atoms with Crippen LogP contribution in [0.1, 0.15) is 39.2 Å². The van der Waals surface area contributed by atoms with Crippen LogP contribution in [0.4, 0.5) is 0 Å². The summed E-state index contributed by atoms with van der Waals surface area (Å²) in [6.07, 6.45) is 2.56. The van der Waals surface area contributed by atoms with Crippen LogP contribution in [-0.4, -0.2) is 50.8 Å². The highest BCUT2D eigenvalue weighted by atomic mass is 127. The first kappa shape index (κ1) is 21.1. The highest BCUT2D eigenvalue weighted by Crippen LogP contribution is 2.35. The van der Waals surface area contributed by atoms with Crippen molar-refractivity contribution in [2.45, 2.75) is 39.0 Å². The van der Waals surface area contributed by atoms with Crippen LogP contribution in [0.25, 0.3) is 0 Å². The van der Waals surface area contributed by atoms with Crippen molar-refractivity contribution in [2.24, 2.45) is 10.9 Å². The molecule has 146 valence electrons. The number of ether oxygens (including phenoxy) is 2. The van der Waals surface area contributed by atoms with Gasteiger partial charge in [0.1, 0.15) is 13.2 Å². The molecule has 0 bridgehead atoms. The molecule has 2 aliphatic rings. The lowest BCUT2D eigenvalue weighted by atomic mass is 9.84. The van der Waals surface area contributed by atoms with E-state index in [4.69, 9.17) is 9.47 Å². The maximum absolute atomic E-state index is 5.74. The van der Waals surface area contributed by atoms with Gasteiger partial charge in [-0.2, -0.15) is 0 Å². The number of hydrogen-bond acceptors (Lipinski definition) is 3. The topological polar surface area (TPSA) is 46.1 Å². The van der Waals surface area contributed by atoms with Gasteiger partial charge in [0.25, 0.3) is 0 Å². The lowest BCUT2D eigenvalue weighted by Gasteiger charge is -2.35. The Kier molecular flexibility index (Phi) is 7.43. The first-order valence-electron chi connectivity index (χ1n) is 9.35. The number of benzene rings is 1. The van der Waals surface area contributed by atoms with Gasteiger partial charge in [-0.1, -0.05) is 26.8 Å². The Morgan fingerprint density at radius 1 is 1.27 bits per heavy atom. The maximum atomic E-state index is 5.74. The molecule has 6 heteroatoms. The number of rotatable bonds is 3. The molecule has 0 spiro atoms. The number of fused-ring (bicyclic) bond motifs is 1. The minimum Gasteiger partial charge on any atom is -0.486 e. The normalized spacial score (nSPS) is 20.4. The summed E-state index contributed by atoms with van der Waals surface area (Å²) in [4.78, 5) is 6.88. The van der Waals surface area contributed by atoms with Gasteiger partial charge in [0.15, 0.2) is 17.5 Å². The van der Waals surface area contributed by atoms with Gasteiger partial charge in [-0.3, -0.25) is 4.99 Å². The molecule has 1 N–H and O–H groups in total. The molecule has 0 aliphatic carbocycles. The number of nitrogens with one attached hydrogen (secondary N) is 1. The van der Waals surface area contributed by atoms with Crippen molar-refractivity contribution in [1.82, 2.24) is 10.2 Å². The quantitative estimate of drug-likeness (QED) is 0.414. The second-order valence-corrected chi connectivity index (χ2v) is 7.84. The van der Waals surface area contributed by atoms with E-state index < -0.39 is 0 Å². The number of likely N-dealkylation sites (tertiary alicyclic amines) is 1. The Labute approximate surface area is 174 Å². The van der Waals surface area contributed by atoms with Crippen LogP contribution in [0.3, 0.4) is 0 Å². The number of hydrogen-bond donors (Lipinski definition) is 1. The van der Waals surface area contributed by atoms with Crippen molar-refractivity contribution < 1.29 is 9.47 Å². The summed E-state index contributed by atoms with van der Waals surface area (Å²) in [6.45, 7) is 11.1. The Morgan fingerprint density at radius 2 is 2.00 bits per heavy atom. The molecule has 1 fully saturated rings. The van der Waals surface area contributed by atoms with Gasteiger partial charge >= 0.3 is 0 Å². The zero-order valence-electron chi connectivity index (χ0n) is 16.4. The molecule has 2 aliphatic heterocycles. The molecule has 1 aromatic carbocycles. The van der Waals surface area contributed by atoms with Gasteiger partial charge < -0.3 is 19.7 Å². The van der Waals surface area contributed by atoms with Crippen LogP contribution >= 0.6 is 24.0 Å². The van der Waals surface area contributed by atoms with E-state index in [1.165, 1.54) is 18.4 Å². The molecule has 0 saturated carbocycles. The van der Waals surface area contributed by atoms with E-state index in [0.717, 1.165) is 43.0 Å². The van der Waals surface area contributed by atoms with E-state index in [-0.39, 0.29) is 29.4 Å².